The largest absolute Gasteiger partial charge is 0.478 e. The van der Waals surface area contributed by atoms with Crippen LogP contribution < -0.4 is 5.32 Å². The lowest BCUT2D eigenvalue weighted by Gasteiger charge is -1.99. The molecule has 0 amide bonds. The molecule has 0 saturated heterocycles. The van der Waals surface area contributed by atoms with E-state index in [0.29, 0.717) is 5.76 Å². The topological polar surface area (TPSA) is 123 Å². The fourth-order valence-electron chi connectivity index (χ4n) is 1.75. The number of aryl methyl sites for hydroxylation is 2. The number of nitro groups is 1. The van der Waals surface area contributed by atoms with Crippen LogP contribution in [0.5, 0.6) is 0 Å². The van der Waals surface area contributed by atoms with E-state index in [1.165, 1.54) is 23.9 Å². The molecule has 2 aromatic heterocycles. The van der Waals surface area contributed by atoms with Crippen LogP contribution >= 0.6 is 0 Å². The number of furan rings is 1. The molecular formula is C11H12N4O5. The predicted molar refractivity (Wildman–Crippen MR) is 67.6 cm³/mol. The van der Waals surface area contributed by atoms with Gasteiger partial charge in [0.2, 0.25) is 5.82 Å². The van der Waals surface area contributed by atoms with Crippen molar-refractivity contribution in [3.05, 3.63) is 39.5 Å². The van der Waals surface area contributed by atoms with Gasteiger partial charge in [-0.2, -0.15) is 0 Å². The monoisotopic (exact) mass is 280 g/mol. The van der Waals surface area contributed by atoms with Crippen LogP contribution in [0, 0.1) is 17.0 Å². The SMILES string of the molecule is Cc1oc(CNc2nn(C)cc2[N+](=O)[O-])cc1C(=O)O. The van der Waals surface area contributed by atoms with Gasteiger partial charge in [0.15, 0.2) is 0 Å². The highest BCUT2D eigenvalue weighted by Gasteiger charge is 2.19. The average Bonchev–Trinajstić information content (AvgIpc) is 2.90. The summed E-state index contributed by atoms with van der Waals surface area (Å²) in [6, 6.07) is 1.37. The number of nitrogens with zero attached hydrogens (tertiary/aromatic N) is 3. The van der Waals surface area contributed by atoms with Crippen molar-refractivity contribution in [2.24, 2.45) is 7.05 Å². The summed E-state index contributed by atoms with van der Waals surface area (Å²) in [5.74, 6) is -0.339. The van der Waals surface area contributed by atoms with Crippen LogP contribution in [0.4, 0.5) is 11.5 Å². The molecule has 0 aliphatic rings. The lowest BCUT2D eigenvalue weighted by molar-refractivity contribution is -0.384. The van der Waals surface area contributed by atoms with Crippen LogP contribution in [0.1, 0.15) is 21.9 Å². The highest BCUT2D eigenvalue weighted by Crippen LogP contribution is 2.23. The van der Waals surface area contributed by atoms with Crippen LogP contribution in [0.2, 0.25) is 0 Å². The molecule has 9 heteroatoms. The first-order valence-electron chi connectivity index (χ1n) is 5.63. The van der Waals surface area contributed by atoms with Gasteiger partial charge in [-0.1, -0.05) is 0 Å². The van der Waals surface area contributed by atoms with E-state index in [2.05, 4.69) is 10.4 Å². The first kappa shape index (κ1) is 13.6. The number of anilines is 1. The molecular weight excluding hydrogens is 268 g/mol. The Hall–Kier alpha value is -2.84. The minimum Gasteiger partial charge on any atom is -0.478 e. The van der Waals surface area contributed by atoms with Crippen molar-refractivity contribution in [1.29, 1.82) is 0 Å². The molecule has 9 nitrogen and oxygen atoms in total. The standard InChI is InChI=1S/C11H12N4O5/c1-6-8(11(16)17)3-7(20-6)4-12-10-9(15(18)19)5-14(2)13-10/h3,5H,4H2,1-2H3,(H,12,13)(H,16,17). The molecule has 0 unspecified atom stereocenters. The van der Waals surface area contributed by atoms with Crippen LogP contribution in [0.25, 0.3) is 0 Å². The van der Waals surface area contributed by atoms with E-state index < -0.39 is 10.9 Å². The number of carboxylic acids is 1. The lowest BCUT2D eigenvalue weighted by atomic mass is 10.2. The Morgan fingerprint density at radius 1 is 1.65 bits per heavy atom. The molecule has 0 aliphatic carbocycles. The van der Waals surface area contributed by atoms with Gasteiger partial charge < -0.3 is 14.8 Å². The van der Waals surface area contributed by atoms with Gasteiger partial charge in [0.1, 0.15) is 23.3 Å². The number of nitrogens with one attached hydrogen (secondary N) is 1. The third-order valence-electron chi connectivity index (χ3n) is 2.64. The van der Waals surface area contributed by atoms with Crippen molar-refractivity contribution in [2.45, 2.75) is 13.5 Å². The molecule has 2 aromatic rings. The molecule has 20 heavy (non-hydrogen) atoms. The number of aromatic nitrogens is 2. The summed E-state index contributed by atoms with van der Waals surface area (Å²) in [6.07, 6.45) is 1.28. The normalized spacial score (nSPS) is 10.5. The molecule has 0 atom stereocenters. The summed E-state index contributed by atoms with van der Waals surface area (Å²) in [5, 5.41) is 26.4. The fraction of sp³-hybridized carbons (Fsp3) is 0.273. The maximum absolute atomic E-state index is 10.9. The predicted octanol–water partition coefficient (Wildman–Crippen LogP) is 1.54. The zero-order chi connectivity index (χ0) is 14.9. The quantitative estimate of drug-likeness (QED) is 0.628. The average molecular weight is 280 g/mol. The van der Waals surface area contributed by atoms with Crippen LogP contribution in [0.15, 0.2) is 16.7 Å². The third-order valence-corrected chi connectivity index (χ3v) is 2.64. The zero-order valence-corrected chi connectivity index (χ0v) is 10.8. The molecule has 0 radical (unpaired) electrons. The second-order valence-corrected chi connectivity index (χ2v) is 4.14. The Morgan fingerprint density at radius 2 is 2.35 bits per heavy atom. The minimum absolute atomic E-state index is 0.0670. The Kier molecular flexibility index (Phi) is 3.42. The van der Waals surface area contributed by atoms with Crippen molar-refractivity contribution in [1.82, 2.24) is 9.78 Å². The number of carboxylic acid groups (broad SMARTS) is 1. The van der Waals surface area contributed by atoms with Crippen molar-refractivity contribution in [3.8, 4) is 0 Å². The summed E-state index contributed by atoms with van der Waals surface area (Å²) in [6.45, 7) is 1.64. The number of rotatable bonds is 5. The van der Waals surface area contributed by atoms with Gasteiger partial charge in [0.05, 0.1) is 11.5 Å². The summed E-state index contributed by atoms with van der Waals surface area (Å²) >= 11 is 0. The molecule has 0 saturated carbocycles. The highest BCUT2D eigenvalue weighted by molar-refractivity contribution is 5.88. The molecule has 2 N–H and O–H groups in total. The Balaban J connectivity index is 2.15. The van der Waals surface area contributed by atoms with E-state index >= 15 is 0 Å². The van der Waals surface area contributed by atoms with Gasteiger partial charge in [-0.3, -0.25) is 14.8 Å². The molecule has 0 spiro atoms. The molecule has 0 fully saturated rings. The smallest absolute Gasteiger partial charge is 0.339 e. The number of hydrogen-bond donors (Lipinski definition) is 2. The van der Waals surface area contributed by atoms with E-state index in [1.807, 2.05) is 0 Å². The first-order valence-corrected chi connectivity index (χ1v) is 5.63. The maximum atomic E-state index is 10.9. The van der Waals surface area contributed by atoms with E-state index in [4.69, 9.17) is 9.52 Å². The number of hydrogen-bond acceptors (Lipinski definition) is 6. The Morgan fingerprint density at radius 3 is 2.90 bits per heavy atom. The van der Waals surface area contributed by atoms with Gasteiger partial charge in [-0.15, -0.1) is 5.10 Å². The second kappa shape index (κ2) is 5.03. The van der Waals surface area contributed by atoms with Gasteiger partial charge in [0, 0.05) is 7.05 Å². The third kappa shape index (κ3) is 2.60. The van der Waals surface area contributed by atoms with Crippen LogP contribution in [-0.2, 0) is 13.6 Å². The fourth-order valence-corrected chi connectivity index (χ4v) is 1.75. The van der Waals surface area contributed by atoms with Crippen molar-refractivity contribution < 1.29 is 19.2 Å². The van der Waals surface area contributed by atoms with Crippen molar-refractivity contribution >= 4 is 17.5 Å². The second-order valence-electron chi connectivity index (χ2n) is 4.14. The summed E-state index contributed by atoms with van der Waals surface area (Å²) in [7, 11) is 1.57. The van der Waals surface area contributed by atoms with Gasteiger partial charge in [-0.25, -0.2) is 4.79 Å². The van der Waals surface area contributed by atoms with Gasteiger partial charge >= 0.3 is 11.7 Å². The number of aromatic carboxylic acids is 1. The van der Waals surface area contributed by atoms with Crippen molar-refractivity contribution in [2.75, 3.05) is 5.32 Å². The molecule has 0 aliphatic heterocycles. The van der Waals surface area contributed by atoms with Crippen LogP contribution in [-0.4, -0.2) is 25.8 Å². The van der Waals surface area contributed by atoms with Gasteiger partial charge in [0.25, 0.3) is 0 Å². The molecule has 2 rings (SSSR count). The Labute approximate surface area is 113 Å². The first-order chi connectivity index (χ1) is 9.38. The molecule has 2 heterocycles. The van der Waals surface area contributed by atoms with Crippen molar-refractivity contribution in [3.63, 3.8) is 0 Å². The van der Waals surface area contributed by atoms with E-state index in [0.717, 1.165) is 0 Å². The summed E-state index contributed by atoms with van der Waals surface area (Å²) < 4.78 is 6.57. The summed E-state index contributed by atoms with van der Waals surface area (Å²) in [4.78, 5) is 21.1. The molecule has 0 aromatic carbocycles. The lowest BCUT2D eigenvalue weighted by Crippen LogP contribution is -2.02. The van der Waals surface area contributed by atoms with Crippen LogP contribution in [0.3, 0.4) is 0 Å². The summed E-state index contributed by atoms with van der Waals surface area (Å²) in [5.41, 5.74) is -0.0912. The maximum Gasteiger partial charge on any atom is 0.339 e. The van der Waals surface area contributed by atoms with E-state index in [9.17, 15) is 14.9 Å². The van der Waals surface area contributed by atoms with E-state index in [1.54, 1.807) is 7.05 Å². The minimum atomic E-state index is -1.08. The van der Waals surface area contributed by atoms with E-state index in [-0.39, 0.29) is 29.4 Å². The highest BCUT2D eigenvalue weighted by atomic mass is 16.6. The number of carbonyl (C=O) groups is 1. The van der Waals surface area contributed by atoms with Gasteiger partial charge in [-0.05, 0) is 13.0 Å². The zero-order valence-electron chi connectivity index (χ0n) is 10.8. The molecule has 0 bridgehead atoms. The Bertz CT molecular complexity index is 672. The molecule has 106 valence electrons.